The number of ether oxygens (including phenoxy) is 2. The first-order valence-corrected chi connectivity index (χ1v) is 11.7. The summed E-state index contributed by atoms with van der Waals surface area (Å²) in [7, 11) is 1.50. The van der Waals surface area contributed by atoms with Crippen molar-refractivity contribution in [1.82, 2.24) is 0 Å². The summed E-state index contributed by atoms with van der Waals surface area (Å²) in [6, 6.07) is 18.4. The Morgan fingerprint density at radius 3 is 2.51 bits per heavy atom. The number of anilines is 1. The lowest BCUT2D eigenvalue weighted by atomic mass is 9.94. The topological polar surface area (TPSA) is 76.1 Å². The second-order valence-corrected chi connectivity index (χ2v) is 8.69. The molecule has 1 fully saturated rings. The number of Topliss-reactive ketones (excluding diaryl/α,β-unsaturated/α-hetero) is 1. The zero-order chi connectivity index (χ0) is 25.1. The minimum absolute atomic E-state index is 0.000169. The number of amides is 1. The fraction of sp³-hybridized carbons (Fsp3) is 0.214. The number of carbonyl (C=O) groups excluding carboxylic acids is 2. The number of hydrogen-bond acceptors (Lipinski definition) is 5. The van der Waals surface area contributed by atoms with Crippen molar-refractivity contribution >= 4 is 34.7 Å². The van der Waals surface area contributed by atoms with E-state index in [1.807, 2.05) is 38.1 Å². The molecule has 3 aromatic rings. The molecule has 0 aromatic heterocycles. The molecule has 1 atom stereocenters. The highest BCUT2D eigenvalue weighted by Gasteiger charge is 2.47. The van der Waals surface area contributed by atoms with Gasteiger partial charge in [-0.25, -0.2) is 0 Å². The fourth-order valence-corrected chi connectivity index (χ4v) is 4.42. The normalized spacial score (nSPS) is 17.0. The number of benzene rings is 3. The van der Waals surface area contributed by atoms with Gasteiger partial charge in [0.15, 0.2) is 0 Å². The van der Waals surface area contributed by atoms with E-state index in [-0.39, 0.29) is 11.3 Å². The van der Waals surface area contributed by atoms with Crippen molar-refractivity contribution in [2.45, 2.75) is 26.3 Å². The number of rotatable bonds is 7. The Hall–Kier alpha value is -3.77. The van der Waals surface area contributed by atoms with Crippen molar-refractivity contribution < 1.29 is 24.2 Å². The molecule has 0 spiro atoms. The van der Waals surface area contributed by atoms with Crippen LogP contribution in [0.4, 0.5) is 5.69 Å². The molecule has 3 aromatic carbocycles. The lowest BCUT2D eigenvalue weighted by Crippen LogP contribution is -2.29. The van der Waals surface area contributed by atoms with Crippen molar-refractivity contribution in [1.29, 1.82) is 0 Å². The molecule has 6 nitrogen and oxygen atoms in total. The van der Waals surface area contributed by atoms with Gasteiger partial charge in [-0.2, -0.15) is 0 Å². The van der Waals surface area contributed by atoms with E-state index < -0.39 is 17.7 Å². The van der Waals surface area contributed by atoms with E-state index in [0.717, 1.165) is 12.0 Å². The lowest BCUT2D eigenvalue weighted by molar-refractivity contribution is -0.132. The molecule has 1 aliphatic rings. The number of methoxy groups -OCH3 is 1. The van der Waals surface area contributed by atoms with Gasteiger partial charge in [-0.3, -0.25) is 14.5 Å². The highest BCUT2D eigenvalue weighted by Crippen LogP contribution is 2.43. The molecule has 7 heteroatoms. The standard InChI is InChI=1S/C28H26ClNO5/c1-4-13-35-21-10-6-9-19(15-21)26(31)24-25(18-8-5-7-17(2)14-18)30(28(33)27(24)32)20-11-12-23(34-3)22(29)16-20/h5-12,14-16,25,31H,4,13H2,1-3H3/b26-24+. The van der Waals surface area contributed by atoms with Gasteiger partial charge < -0.3 is 14.6 Å². The van der Waals surface area contributed by atoms with Gasteiger partial charge in [-0.15, -0.1) is 0 Å². The predicted molar refractivity (Wildman–Crippen MR) is 136 cm³/mol. The maximum absolute atomic E-state index is 13.3. The Morgan fingerprint density at radius 2 is 1.83 bits per heavy atom. The van der Waals surface area contributed by atoms with Gasteiger partial charge in [0.1, 0.15) is 17.3 Å². The minimum Gasteiger partial charge on any atom is -0.507 e. The smallest absolute Gasteiger partial charge is 0.300 e. The van der Waals surface area contributed by atoms with E-state index in [0.29, 0.717) is 39.9 Å². The van der Waals surface area contributed by atoms with Gasteiger partial charge in [-0.1, -0.05) is 60.5 Å². The zero-order valence-electron chi connectivity index (χ0n) is 19.7. The third-order valence-corrected chi connectivity index (χ3v) is 6.09. The van der Waals surface area contributed by atoms with Crippen molar-refractivity contribution in [2.24, 2.45) is 0 Å². The molecule has 180 valence electrons. The number of aryl methyl sites for hydroxylation is 1. The third-order valence-electron chi connectivity index (χ3n) is 5.80. The van der Waals surface area contributed by atoms with E-state index in [4.69, 9.17) is 21.1 Å². The van der Waals surface area contributed by atoms with Gasteiger partial charge in [0.2, 0.25) is 0 Å². The van der Waals surface area contributed by atoms with E-state index in [1.165, 1.54) is 12.0 Å². The molecule has 0 aliphatic carbocycles. The average molecular weight is 492 g/mol. The number of carbonyl (C=O) groups is 2. The largest absolute Gasteiger partial charge is 0.507 e. The Bertz CT molecular complexity index is 1320. The quantitative estimate of drug-likeness (QED) is 0.246. The maximum atomic E-state index is 13.3. The summed E-state index contributed by atoms with van der Waals surface area (Å²) in [5.74, 6) is -0.778. The van der Waals surface area contributed by atoms with Crippen LogP contribution in [0.3, 0.4) is 0 Å². The van der Waals surface area contributed by atoms with Crippen molar-refractivity contribution in [3.63, 3.8) is 0 Å². The molecular formula is C28H26ClNO5. The van der Waals surface area contributed by atoms with Crippen LogP contribution in [0.15, 0.2) is 72.3 Å². The summed E-state index contributed by atoms with van der Waals surface area (Å²) in [6.45, 7) is 4.45. The van der Waals surface area contributed by atoms with Crippen LogP contribution in [0.5, 0.6) is 11.5 Å². The molecule has 1 N–H and O–H groups in total. The van der Waals surface area contributed by atoms with Crippen LogP contribution in [-0.4, -0.2) is 30.5 Å². The molecule has 1 unspecified atom stereocenters. The van der Waals surface area contributed by atoms with E-state index in [9.17, 15) is 14.7 Å². The highest BCUT2D eigenvalue weighted by atomic mass is 35.5. The van der Waals surface area contributed by atoms with Crippen molar-refractivity contribution in [2.75, 3.05) is 18.6 Å². The van der Waals surface area contributed by atoms with Crippen LogP contribution in [0.2, 0.25) is 5.02 Å². The number of nitrogens with zero attached hydrogens (tertiary/aromatic N) is 1. The fourth-order valence-electron chi connectivity index (χ4n) is 4.17. The van der Waals surface area contributed by atoms with Crippen molar-refractivity contribution in [3.05, 3.63) is 94.0 Å². The molecule has 1 heterocycles. The first-order chi connectivity index (χ1) is 16.8. The number of hydrogen-bond donors (Lipinski definition) is 1. The van der Waals surface area contributed by atoms with Crippen LogP contribution in [0.1, 0.15) is 36.1 Å². The number of ketones is 1. The Balaban J connectivity index is 1.90. The molecule has 4 rings (SSSR count). The predicted octanol–water partition coefficient (Wildman–Crippen LogP) is 6.07. The second-order valence-electron chi connectivity index (χ2n) is 8.28. The van der Waals surface area contributed by atoms with Crippen LogP contribution < -0.4 is 14.4 Å². The first-order valence-electron chi connectivity index (χ1n) is 11.3. The summed E-state index contributed by atoms with van der Waals surface area (Å²) in [5, 5.41) is 11.6. The first kappa shape index (κ1) is 24.4. The SMILES string of the molecule is CCCOc1cccc(/C(O)=C2\C(=O)C(=O)N(c3ccc(OC)c(Cl)c3)C2c2cccc(C)c2)c1. The Labute approximate surface area is 209 Å². The van der Waals surface area contributed by atoms with Crippen molar-refractivity contribution in [3.8, 4) is 11.5 Å². The molecule has 1 saturated heterocycles. The molecule has 0 radical (unpaired) electrons. The zero-order valence-corrected chi connectivity index (χ0v) is 20.5. The monoisotopic (exact) mass is 491 g/mol. The number of aliphatic hydroxyl groups excluding tert-OH is 1. The molecule has 35 heavy (non-hydrogen) atoms. The minimum atomic E-state index is -0.848. The van der Waals surface area contributed by atoms with Gasteiger partial charge in [-0.05, 0) is 49.2 Å². The highest BCUT2D eigenvalue weighted by molar-refractivity contribution is 6.51. The molecule has 0 saturated carbocycles. The number of aliphatic hydroxyl groups is 1. The van der Waals surface area contributed by atoms with Gasteiger partial charge in [0.05, 0.1) is 30.4 Å². The van der Waals surface area contributed by atoms with E-state index >= 15 is 0 Å². The van der Waals surface area contributed by atoms with E-state index in [1.54, 1.807) is 42.5 Å². The summed E-state index contributed by atoms with van der Waals surface area (Å²) in [5.41, 5.74) is 2.46. The molecule has 0 bridgehead atoms. The van der Waals surface area contributed by atoms with Crippen LogP contribution in [0, 0.1) is 6.92 Å². The summed E-state index contributed by atoms with van der Waals surface area (Å²) < 4.78 is 10.9. The number of halogens is 1. The Morgan fingerprint density at radius 1 is 1.06 bits per heavy atom. The molecule has 1 aliphatic heterocycles. The maximum Gasteiger partial charge on any atom is 0.300 e. The lowest BCUT2D eigenvalue weighted by Gasteiger charge is -2.26. The van der Waals surface area contributed by atoms with Gasteiger partial charge in [0.25, 0.3) is 11.7 Å². The molecular weight excluding hydrogens is 466 g/mol. The van der Waals surface area contributed by atoms with Crippen LogP contribution in [-0.2, 0) is 9.59 Å². The van der Waals surface area contributed by atoms with Gasteiger partial charge in [0, 0.05) is 11.3 Å². The van der Waals surface area contributed by atoms with Gasteiger partial charge >= 0.3 is 0 Å². The summed E-state index contributed by atoms with van der Waals surface area (Å²) >= 11 is 6.34. The summed E-state index contributed by atoms with van der Waals surface area (Å²) in [4.78, 5) is 28.0. The van der Waals surface area contributed by atoms with Crippen LogP contribution >= 0.6 is 11.6 Å². The third kappa shape index (κ3) is 4.75. The Kier molecular flexibility index (Phi) is 7.12. The average Bonchev–Trinajstić information content (AvgIpc) is 3.12. The van der Waals surface area contributed by atoms with E-state index in [2.05, 4.69) is 0 Å². The van der Waals surface area contributed by atoms with Crippen LogP contribution in [0.25, 0.3) is 5.76 Å². The second kappa shape index (κ2) is 10.2. The molecule has 1 amide bonds. The summed E-state index contributed by atoms with van der Waals surface area (Å²) in [6.07, 6.45) is 0.832.